The molecule has 0 bridgehead atoms. The molecule has 2 nitrogen and oxygen atoms in total. The molecule has 3 heteroatoms. The lowest BCUT2D eigenvalue weighted by molar-refractivity contribution is 0.707. The fraction of sp³-hybridized carbons (Fsp3) is 0.364. The van der Waals surface area contributed by atoms with Crippen molar-refractivity contribution in [2.24, 2.45) is 0 Å². The van der Waals surface area contributed by atoms with Gasteiger partial charge in [-0.05, 0) is 53.6 Å². The molecule has 0 spiro atoms. The molecular formula is C11H13IN2. The van der Waals surface area contributed by atoms with Crippen LogP contribution in [0.5, 0.6) is 0 Å². The van der Waals surface area contributed by atoms with E-state index in [0.717, 1.165) is 18.8 Å². The van der Waals surface area contributed by atoms with Crippen molar-refractivity contribution >= 4 is 34.1 Å². The summed E-state index contributed by atoms with van der Waals surface area (Å²) in [7, 11) is 0. The molecule has 1 heterocycles. The van der Waals surface area contributed by atoms with Crippen molar-refractivity contribution in [3.63, 3.8) is 0 Å². The molecule has 2 rings (SSSR count). The van der Waals surface area contributed by atoms with Gasteiger partial charge in [-0.2, -0.15) is 0 Å². The second kappa shape index (κ2) is 4.29. The third-order valence-electron chi connectivity index (χ3n) is 2.49. The highest BCUT2D eigenvalue weighted by Gasteiger charge is 2.16. The van der Waals surface area contributed by atoms with Crippen LogP contribution in [0.2, 0.25) is 0 Å². The summed E-state index contributed by atoms with van der Waals surface area (Å²) in [6.07, 6.45) is 3.29. The van der Waals surface area contributed by atoms with E-state index in [2.05, 4.69) is 51.8 Å². The van der Waals surface area contributed by atoms with Crippen LogP contribution in [0.15, 0.2) is 24.3 Å². The van der Waals surface area contributed by atoms with Gasteiger partial charge in [-0.1, -0.05) is 6.07 Å². The van der Waals surface area contributed by atoms with Crippen molar-refractivity contribution in [2.75, 3.05) is 11.4 Å². The maximum atomic E-state index is 7.88. The van der Waals surface area contributed by atoms with Gasteiger partial charge in [-0.25, -0.2) is 0 Å². The number of hydrogen-bond donors (Lipinski definition) is 1. The highest BCUT2D eigenvalue weighted by atomic mass is 127. The van der Waals surface area contributed by atoms with Crippen molar-refractivity contribution in [3.05, 3.63) is 27.8 Å². The Balaban J connectivity index is 2.24. The molecule has 1 saturated heterocycles. The molecule has 0 aromatic heterocycles. The van der Waals surface area contributed by atoms with E-state index in [-0.39, 0.29) is 0 Å². The van der Waals surface area contributed by atoms with E-state index in [4.69, 9.17) is 5.41 Å². The molecule has 0 aliphatic carbocycles. The van der Waals surface area contributed by atoms with E-state index in [9.17, 15) is 0 Å². The summed E-state index contributed by atoms with van der Waals surface area (Å²) in [5, 5.41) is 7.88. The number of piperidine rings is 1. The normalized spacial score (nSPS) is 17.2. The largest absolute Gasteiger partial charge is 0.330 e. The minimum absolute atomic E-state index is 0.762. The molecule has 1 aromatic carbocycles. The first kappa shape index (κ1) is 9.96. The zero-order chi connectivity index (χ0) is 9.97. The molecule has 1 N–H and O–H groups in total. The first-order valence-electron chi connectivity index (χ1n) is 4.88. The van der Waals surface area contributed by atoms with Crippen LogP contribution in [-0.2, 0) is 0 Å². The average molecular weight is 300 g/mol. The van der Waals surface area contributed by atoms with Crippen LogP contribution in [0, 0.1) is 8.98 Å². The molecule has 74 valence electrons. The van der Waals surface area contributed by atoms with E-state index in [1.165, 1.54) is 22.1 Å². The molecule has 14 heavy (non-hydrogen) atoms. The Kier molecular flexibility index (Phi) is 3.05. The third kappa shape index (κ3) is 2.08. The Hall–Kier alpha value is -0.580. The fourth-order valence-electron chi connectivity index (χ4n) is 1.76. The summed E-state index contributed by atoms with van der Waals surface area (Å²) in [4.78, 5) is 2.12. The van der Waals surface area contributed by atoms with Gasteiger partial charge in [0.1, 0.15) is 5.84 Å². The number of nitrogens with zero attached hydrogens (tertiary/aromatic N) is 1. The van der Waals surface area contributed by atoms with Crippen LogP contribution in [-0.4, -0.2) is 12.4 Å². The second-order valence-electron chi connectivity index (χ2n) is 3.54. The maximum absolute atomic E-state index is 7.88. The van der Waals surface area contributed by atoms with Gasteiger partial charge in [-0.15, -0.1) is 0 Å². The van der Waals surface area contributed by atoms with Crippen molar-refractivity contribution < 1.29 is 0 Å². The van der Waals surface area contributed by atoms with Gasteiger partial charge >= 0.3 is 0 Å². The van der Waals surface area contributed by atoms with Gasteiger partial charge in [0.15, 0.2) is 0 Å². The lowest BCUT2D eigenvalue weighted by Crippen LogP contribution is -2.34. The number of rotatable bonds is 1. The van der Waals surface area contributed by atoms with E-state index >= 15 is 0 Å². The number of nitrogens with one attached hydrogen (secondary N) is 1. The highest BCUT2D eigenvalue weighted by molar-refractivity contribution is 14.1. The van der Waals surface area contributed by atoms with Crippen LogP contribution in [0.4, 0.5) is 5.69 Å². The maximum Gasteiger partial charge on any atom is 0.100 e. The first-order valence-corrected chi connectivity index (χ1v) is 5.96. The monoisotopic (exact) mass is 300 g/mol. The van der Waals surface area contributed by atoms with E-state index in [1.54, 1.807) is 0 Å². The summed E-state index contributed by atoms with van der Waals surface area (Å²) >= 11 is 2.31. The van der Waals surface area contributed by atoms with Crippen LogP contribution in [0.3, 0.4) is 0 Å². The van der Waals surface area contributed by atoms with Crippen molar-refractivity contribution in [3.8, 4) is 0 Å². The Morgan fingerprint density at radius 1 is 1.29 bits per heavy atom. The quantitative estimate of drug-likeness (QED) is 0.792. The van der Waals surface area contributed by atoms with Gasteiger partial charge < -0.3 is 4.90 Å². The molecule has 0 saturated carbocycles. The van der Waals surface area contributed by atoms with Gasteiger partial charge in [0.2, 0.25) is 0 Å². The van der Waals surface area contributed by atoms with Crippen molar-refractivity contribution in [1.82, 2.24) is 0 Å². The van der Waals surface area contributed by atoms with Crippen molar-refractivity contribution in [1.29, 1.82) is 5.41 Å². The number of halogens is 1. The van der Waals surface area contributed by atoms with Gasteiger partial charge in [0.25, 0.3) is 0 Å². The van der Waals surface area contributed by atoms with Crippen LogP contribution < -0.4 is 4.90 Å². The van der Waals surface area contributed by atoms with Crippen LogP contribution >= 0.6 is 22.6 Å². The highest BCUT2D eigenvalue weighted by Crippen LogP contribution is 2.22. The molecule has 1 aromatic rings. The molecular weight excluding hydrogens is 287 g/mol. The van der Waals surface area contributed by atoms with E-state index in [1.807, 2.05) is 0 Å². The standard InChI is InChI=1S/C11H13IN2/c12-9-4-3-5-10(8-9)14-7-2-1-6-11(14)13/h3-5,8,13H,1-2,6-7H2. The Bertz CT molecular complexity index is 349. The fourth-order valence-corrected chi connectivity index (χ4v) is 2.29. The molecule has 1 aliphatic rings. The lowest BCUT2D eigenvalue weighted by atomic mass is 10.1. The van der Waals surface area contributed by atoms with Gasteiger partial charge in [0, 0.05) is 22.2 Å². The summed E-state index contributed by atoms with van der Waals surface area (Å²) < 4.78 is 1.23. The molecule has 1 aliphatic heterocycles. The molecule has 0 atom stereocenters. The Morgan fingerprint density at radius 3 is 2.86 bits per heavy atom. The Labute approximate surface area is 98.0 Å². The summed E-state index contributed by atoms with van der Waals surface area (Å²) in [5.41, 5.74) is 1.17. The predicted molar refractivity (Wildman–Crippen MR) is 68.1 cm³/mol. The van der Waals surface area contributed by atoms with Gasteiger partial charge in [-0.3, -0.25) is 5.41 Å². The number of benzene rings is 1. The van der Waals surface area contributed by atoms with Crippen molar-refractivity contribution in [2.45, 2.75) is 19.3 Å². The lowest BCUT2D eigenvalue weighted by Gasteiger charge is -2.29. The number of anilines is 1. The summed E-state index contributed by atoms with van der Waals surface area (Å²) in [6, 6.07) is 8.36. The van der Waals surface area contributed by atoms with Crippen LogP contribution in [0.1, 0.15) is 19.3 Å². The first-order chi connectivity index (χ1) is 6.77. The zero-order valence-corrected chi connectivity index (χ0v) is 10.1. The summed E-state index contributed by atoms with van der Waals surface area (Å²) in [6.45, 7) is 0.999. The molecule has 0 unspecified atom stereocenters. The molecule has 0 radical (unpaired) electrons. The number of amidine groups is 1. The minimum Gasteiger partial charge on any atom is -0.330 e. The zero-order valence-electron chi connectivity index (χ0n) is 7.96. The van der Waals surface area contributed by atoms with Crippen LogP contribution in [0.25, 0.3) is 0 Å². The topological polar surface area (TPSA) is 27.1 Å². The third-order valence-corrected chi connectivity index (χ3v) is 3.16. The SMILES string of the molecule is N=C1CCCCN1c1cccc(I)c1. The minimum atomic E-state index is 0.762. The average Bonchev–Trinajstić information content (AvgIpc) is 2.18. The smallest absolute Gasteiger partial charge is 0.100 e. The summed E-state index contributed by atoms with van der Waals surface area (Å²) in [5.74, 6) is 0.762. The molecule has 1 fully saturated rings. The van der Waals surface area contributed by atoms with E-state index in [0.29, 0.717) is 0 Å². The van der Waals surface area contributed by atoms with Gasteiger partial charge in [0.05, 0.1) is 0 Å². The molecule has 0 amide bonds. The Morgan fingerprint density at radius 2 is 2.14 bits per heavy atom. The second-order valence-corrected chi connectivity index (χ2v) is 4.78. The van der Waals surface area contributed by atoms with E-state index < -0.39 is 0 Å². The number of hydrogen-bond acceptors (Lipinski definition) is 1. The predicted octanol–water partition coefficient (Wildman–Crippen LogP) is 3.26.